The smallest absolute Gasteiger partial charge is 0.324 e. The first-order chi connectivity index (χ1) is 7.86. The number of hydrogen-bond donors (Lipinski definition) is 1. The van der Waals surface area contributed by atoms with E-state index in [1.165, 1.54) is 32.1 Å². The first-order valence-corrected chi connectivity index (χ1v) is 6.67. The fourth-order valence-electron chi connectivity index (χ4n) is 2.49. The van der Waals surface area contributed by atoms with Crippen molar-refractivity contribution in [2.75, 3.05) is 26.2 Å². The fraction of sp³-hybridized carbons (Fsp3) is 0.917. The van der Waals surface area contributed by atoms with Crippen molar-refractivity contribution >= 4 is 6.03 Å². The van der Waals surface area contributed by atoms with E-state index in [1.807, 2.05) is 4.90 Å². The number of carbonyl (C=O) groups is 1. The van der Waals surface area contributed by atoms with Crippen molar-refractivity contribution in [3.63, 3.8) is 0 Å². The minimum Gasteiger partial charge on any atom is -0.324 e. The van der Waals surface area contributed by atoms with Crippen LogP contribution in [0.5, 0.6) is 0 Å². The van der Waals surface area contributed by atoms with Crippen molar-refractivity contribution < 1.29 is 4.79 Å². The summed E-state index contributed by atoms with van der Waals surface area (Å²) in [6, 6.07) is 0.115. The summed E-state index contributed by atoms with van der Waals surface area (Å²) >= 11 is 0. The van der Waals surface area contributed by atoms with Gasteiger partial charge in [-0.15, -0.1) is 0 Å². The minimum absolute atomic E-state index is 0.115. The number of likely N-dealkylation sites (tertiary alicyclic amines) is 1. The van der Waals surface area contributed by atoms with Crippen LogP contribution in [-0.2, 0) is 0 Å². The van der Waals surface area contributed by atoms with Gasteiger partial charge in [0, 0.05) is 26.2 Å². The molecule has 2 amide bonds. The van der Waals surface area contributed by atoms with E-state index in [1.54, 1.807) is 0 Å². The normalized spacial score (nSPS) is 23.9. The number of hydrogen-bond acceptors (Lipinski definition) is 2. The van der Waals surface area contributed by atoms with E-state index in [-0.39, 0.29) is 6.03 Å². The third-order valence-corrected chi connectivity index (χ3v) is 3.50. The number of carbonyl (C=O) groups excluding carboxylic acids is 1. The predicted octanol–water partition coefficient (Wildman–Crippen LogP) is 1.97. The molecule has 2 fully saturated rings. The molecule has 4 nitrogen and oxygen atoms in total. The van der Waals surface area contributed by atoms with Crippen LogP contribution in [0.3, 0.4) is 0 Å². The van der Waals surface area contributed by atoms with E-state index < -0.39 is 0 Å². The molecule has 1 N–H and O–H groups in total. The largest absolute Gasteiger partial charge is 0.331 e. The van der Waals surface area contributed by atoms with Crippen LogP contribution in [-0.4, -0.2) is 42.1 Å². The highest BCUT2D eigenvalue weighted by molar-refractivity contribution is 5.73. The van der Waals surface area contributed by atoms with E-state index in [4.69, 9.17) is 0 Å². The molecule has 4 heteroatoms. The standard InChI is InChI=1S/C12H23N3O/c16-12(13-15-10-6-3-7-11-15)14-8-4-1-2-5-9-14/h1-11H2,(H,13,16). The third-order valence-electron chi connectivity index (χ3n) is 3.50. The second kappa shape index (κ2) is 6.09. The Bertz CT molecular complexity index is 218. The fourth-order valence-corrected chi connectivity index (χ4v) is 2.49. The maximum absolute atomic E-state index is 12.0. The maximum Gasteiger partial charge on any atom is 0.331 e. The van der Waals surface area contributed by atoms with Gasteiger partial charge in [0.25, 0.3) is 0 Å². The van der Waals surface area contributed by atoms with Gasteiger partial charge in [-0.3, -0.25) is 5.43 Å². The second-order valence-electron chi connectivity index (χ2n) is 4.87. The number of rotatable bonds is 1. The van der Waals surface area contributed by atoms with Gasteiger partial charge < -0.3 is 4.90 Å². The number of piperidine rings is 1. The van der Waals surface area contributed by atoms with Crippen LogP contribution in [0, 0.1) is 0 Å². The van der Waals surface area contributed by atoms with E-state index in [0.717, 1.165) is 39.0 Å². The average Bonchev–Trinajstić information content (AvgIpc) is 2.59. The molecule has 0 saturated carbocycles. The van der Waals surface area contributed by atoms with Crippen molar-refractivity contribution in [2.45, 2.75) is 44.9 Å². The average molecular weight is 225 g/mol. The Hall–Kier alpha value is -0.770. The molecule has 0 atom stereocenters. The molecule has 2 aliphatic heterocycles. The molecule has 0 unspecified atom stereocenters. The lowest BCUT2D eigenvalue weighted by molar-refractivity contribution is 0.131. The molecular weight excluding hydrogens is 202 g/mol. The van der Waals surface area contributed by atoms with Gasteiger partial charge in [-0.2, -0.15) is 0 Å². The molecule has 0 radical (unpaired) electrons. The van der Waals surface area contributed by atoms with Crippen molar-refractivity contribution in [1.29, 1.82) is 0 Å². The summed E-state index contributed by atoms with van der Waals surface area (Å²) in [5.74, 6) is 0. The second-order valence-corrected chi connectivity index (χ2v) is 4.87. The van der Waals surface area contributed by atoms with Gasteiger partial charge in [0.15, 0.2) is 0 Å². The molecule has 92 valence electrons. The van der Waals surface area contributed by atoms with Gasteiger partial charge in [0.1, 0.15) is 0 Å². The Labute approximate surface area is 97.9 Å². The molecule has 0 aromatic carbocycles. The number of nitrogens with zero attached hydrogens (tertiary/aromatic N) is 2. The lowest BCUT2D eigenvalue weighted by Crippen LogP contribution is -2.50. The van der Waals surface area contributed by atoms with Crippen LogP contribution < -0.4 is 5.43 Å². The summed E-state index contributed by atoms with van der Waals surface area (Å²) in [7, 11) is 0. The van der Waals surface area contributed by atoms with Crippen LogP contribution in [0.4, 0.5) is 4.79 Å². The molecule has 0 spiro atoms. The minimum atomic E-state index is 0.115. The Kier molecular flexibility index (Phi) is 4.45. The molecule has 2 aliphatic rings. The van der Waals surface area contributed by atoms with E-state index in [2.05, 4.69) is 10.4 Å². The van der Waals surface area contributed by atoms with Crippen molar-refractivity contribution in [1.82, 2.24) is 15.3 Å². The first-order valence-electron chi connectivity index (χ1n) is 6.67. The Morgan fingerprint density at radius 3 is 1.88 bits per heavy atom. The summed E-state index contributed by atoms with van der Waals surface area (Å²) < 4.78 is 0. The first kappa shape index (κ1) is 11.7. The zero-order valence-electron chi connectivity index (χ0n) is 10.1. The van der Waals surface area contributed by atoms with Crippen molar-refractivity contribution in [2.24, 2.45) is 0 Å². The Balaban J connectivity index is 1.76. The van der Waals surface area contributed by atoms with E-state index in [0.29, 0.717) is 0 Å². The number of urea groups is 1. The SMILES string of the molecule is O=C(NN1CCCCC1)N1CCCCCC1. The number of hydrazine groups is 1. The predicted molar refractivity (Wildman–Crippen MR) is 64.0 cm³/mol. The quantitative estimate of drug-likeness (QED) is 0.740. The maximum atomic E-state index is 12.0. The summed E-state index contributed by atoms with van der Waals surface area (Å²) in [6.07, 6.45) is 8.58. The monoisotopic (exact) mass is 225 g/mol. The van der Waals surface area contributed by atoms with Gasteiger partial charge in [0.2, 0.25) is 0 Å². The molecule has 0 aromatic rings. The van der Waals surface area contributed by atoms with Gasteiger partial charge in [0.05, 0.1) is 0 Å². The summed E-state index contributed by atoms with van der Waals surface area (Å²) in [4.78, 5) is 14.0. The lowest BCUT2D eigenvalue weighted by Gasteiger charge is -2.30. The summed E-state index contributed by atoms with van der Waals surface area (Å²) in [5.41, 5.74) is 3.04. The van der Waals surface area contributed by atoms with Gasteiger partial charge in [-0.1, -0.05) is 19.3 Å². The van der Waals surface area contributed by atoms with Crippen LogP contribution in [0.15, 0.2) is 0 Å². The topological polar surface area (TPSA) is 35.6 Å². The van der Waals surface area contributed by atoms with Gasteiger partial charge in [-0.05, 0) is 25.7 Å². The zero-order chi connectivity index (χ0) is 11.2. The van der Waals surface area contributed by atoms with Crippen molar-refractivity contribution in [3.05, 3.63) is 0 Å². The van der Waals surface area contributed by atoms with Crippen LogP contribution in [0.1, 0.15) is 44.9 Å². The van der Waals surface area contributed by atoms with E-state index in [9.17, 15) is 4.79 Å². The van der Waals surface area contributed by atoms with Crippen LogP contribution >= 0.6 is 0 Å². The molecule has 0 aliphatic carbocycles. The molecule has 2 heterocycles. The molecule has 0 bridgehead atoms. The Morgan fingerprint density at radius 1 is 0.750 bits per heavy atom. The lowest BCUT2D eigenvalue weighted by atomic mass is 10.2. The van der Waals surface area contributed by atoms with Gasteiger partial charge >= 0.3 is 6.03 Å². The molecule has 2 saturated heterocycles. The van der Waals surface area contributed by atoms with Crippen LogP contribution in [0.25, 0.3) is 0 Å². The molecule has 2 rings (SSSR count). The third kappa shape index (κ3) is 3.37. The number of amides is 2. The highest BCUT2D eigenvalue weighted by Crippen LogP contribution is 2.11. The summed E-state index contributed by atoms with van der Waals surface area (Å²) in [5, 5.41) is 2.08. The van der Waals surface area contributed by atoms with E-state index >= 15 is 0 Å². The highest BCUT2D eigenvalue weighted by atomic mass is 16.2. The molecule has 0 aromatic heterocycles. The Morgan fingerprint density at radius 2 is 1.25 bits per heavy atom. The molecule has 16 heavy (non-hydrogen) atoms. The van der Waals surface area contributed by atoms with Crippen molar-refractivity contribution in [3.8, 4) is 0 Å². The van der Waals surface area contributed by atoms with Crippen LogP contribution in [0.2, 0.25) is 0 Å². The van der Waals surface area contributed by atoms with Gasteiger partial charge in [-0.25, -0.2) is 9.80 Å². The zero-order valence-corrected chi connectivity index (χ0v) is 10.1. The number of nitrogens with one attached hydrogen (secondary N) is 1. The highest BCUT2D eigenvalue weighted by Gasteiger charge is 2.18. The molecular formula is C12H23N3O. The summed E-state index contributed by atoms with van der Waals surface area (Å²) in [6.45, 7) is 3.89.